The summed E-state index contributed by atoms with van der Waals surface area (Å²) in [6, 6.07) is 7.58. The van der Waals surface area contributed by atoms with Gasteiger partial charge in [-0.3, -0.25) is 9.59 Å². The lowest BCUT2D eigenvalue weighted by atomic mass is 10.1. The summed E-state index contributed by atoms with van der Waals surface area (Å²) in [4.78, 5) is 48.9. The fourth-order valence-corrected chi connectivity index (χ4v) is 3.36. The summed E-state index contributed by atoms with van der Waals surface area (Å²) in [7, 11) is 0. The molecule has 0 spiro atoms. The Labute approximate surface area is 207 Å². The van der Waals surface area contributed by atoms with Crippen molar-refractivity contribution in [2.45, 2.75) is 39.3 Å². The van der Waals surface area contributed by atoms with Crippen LogP contribution in [0.3, 0.4) is 0 Å². The number of fused-ring (bicyclic) bond motifs is 1. The lowest BCUT2D eigenvalue weighted by Crippen LogP contribution is -2.42. The number of nitrogen functional groups attached to an aromatic ring is 2. The topological polar surface area (TPSA) is 184 Å². The summed E-state index contributed by atoms with van der Waals surface area (Å²) in [5, 5.41) is 6.48. The number of nitrogens with zero attached hydrogens (tertiary/aromatic N) is 3. The molecule has 1 amide bonds. The Morgan fingerprint density at radius 1 is 1.03 bits per heavy atom. The van der Waals surface area contributed by atoms with Gasteiger partial charge in [0.25, 0.3) is 5.91 Å². The number of hydrogen-bond acceptors (Lipinski definition) is 11. The summed E-state index contributed by atoms with van der Waals surface area (Å²) in [6.45, 7) is 4.20. The summed E-state index contributed by atoms with van der Waals surface area (Å²) in [5.74, 6) is -1.19. The molecule has 0 saturated carbocycles. The zero-order valence-corrected chi connectivity index (χ0v) is 20.1. The number of carbonyl (C=O) groups is 3. The van der Waals surface area contributed by atoms with Crippen molar-refractivity contribution in [3.8, 4) is 0 Å². The maximum atomic E-state index is 12.7. The minimum Gasteiger partial charge on any atom is -0.466 e. The zero-order chi connectivity index (χ0) is 26.1. The number of rotatable bonds is 11. The highest BCUT2D eigenvalue weighted by atomic mass is 16.5. The molecule has 0 aliphatic heterocycles. The molecule has 2 heterocycles. The van der Waals surface area contributed by atoms with Gasteiger partial charge in [-0.25, -0.2) is 9.78 Å². The Hall–Kier alpha value is -4.48. The highest BCUT2D eigenvalue weighted by Gasteiger charge is 2.24. The van der Waals surface area contributed by atoms with Crippen molar-refractivity contribution >= 4 is 46.3 Å². The maximum Gasteiger partial charge on any atom is 0.328 e. The van der Waals surface area contributed by atoms with Crippen LogP contribution in [0.2, 0.25) is 0 Å². The lowest BCUT2D eigenvalue weighted by molar-refractivity contribution is -0.146. The summed E-state index contributed by atoms with van der Waals surface area (Å²) in [5.41, 5.74) is 13.9. The fourth-order valence-electron chi connectivity index (χ4n) is 3.36. The molecular formula is C24H29N7O5. The first-order valence-corrected chi connectivity index (χ1v) is 11.4. The Kier molecular flexibility index (Phi) is 8.92. The van der Waals surface area contributed by atoms with Crippen molar-refractivity contribution < 1.29 is 23.9 Å². The van der Waals surface area contributed by atoms with Crippen LogP contribution in [0.25, 0.3) is 11.0 Å². The second-order valence-electron chi connectivity index (χ2n) is 7.73. The molecule has 1 aromatic carbocycles. The van der Waals surface area contributed by atoms with Crippen molar-refractivity contribution in [3.05, 3.63) is 47.7 Å². The van der Waals surface area contributed by atoms with Gasteiger partial charge in [0, 0.05) is 30.4 Å². The van der Waals surface area contributed by atoms with Gasteiger partial charge in [-0.2, -0.15) is 9.97 Å². The van der Waals surface area contributed by atoms with Crippen LogP contribution in [-0.2, 0) is 25.6 Å². The fraction of sp³-hybridized carbons (Fsp3) is 0.333. The van der Waals surface area contributed by atoms with Gasteiger partial charge in [-0.1, -0.05) is 0 Å². The molecule has 3 rings (SSSR count). The van der Waals surface area contributed by atoms with Gasteiger partial charge in [0.1, 0.15) is 11.9 Å². The van der Waals surface area contributed by atoms with Crippen LogP contribution < -0.4 is 22.1 Å². The molecule has 3 aromatic rings. The van der Waals surface area contributed by atoms with Crippen molar-refractivity contribution in [2.75, 3.05) is 30.0 Å². The molecule has 1 unspecified atom stereocenters. The molecule has 12 nitrogen and oxygen atoms in total. The Morgan fingerprint density at radius 2 is 1.75 bits per heavy atom. The van der Waals surface area contributed by atoms with E-state index in [0.29, 0.717) is 23.1 Å². The average Bonchev–Trinajstić information content (AvgIpc) is 2.85. The van der Waals surface area contributed by atoms with Crippen LogP contribution in [-0.4, -0.2) is 52.1 Å². The van der Waals surface area contributed by atoms with Gasteiger partial charge in [-0.15, -0.1) is 0 Å². The van der Waals surface area contributed by atoms with E-state index in [2.05, 4.69) is 25.6 Å². The first-order chi connectivity index (χ1) is 17.3. The monoisotopic (exact) mass is 495 g/mol. The second-order valence-corrected chi connectivity index (χ2v) is 7.73. The van der Waals surface area contributed by atoms with Crippen LogP contribution in [0.1, 0.15) is 42.6 Å². The molecule has 36 heavy (non-hydrogen) atoms. The highest BCUT2D eigenvalue weighted by molar-refractivity contribution is 5.97. The van der Waals surface area contributed by atoms with Crippen molar-refractivity contribution in [1.82, 2.24) is 20.3 Å². The van der Waals surface area contributed by atoms with Crippen LogP contribution in [0.5, 0.6) is 0 Å². The number of benzene rings is 1. The highest BCUT2D eigenvalue weighted by Crippen LogP contribution is 2.19. The Bertz CT molecular complexity index is 1230. The van der Waals surface area contributed by atoms with Crippen molar-refractivity contribution in [3.63, 3.8) is 0 Å². The van der Waals surface area contributed by atoms with Gasteiger partial charge >= 0.3 is 11.9 Å². The van der Waals surface area contributed by atoms with E-state index in [9.17, 15) is 14.4 Å². The Morgan fingerprint density at radius 3 is 2.44 bits per heavy atom. The van der Waals surface area contributed by atoms with Crippen LogP contribution in [0.15, 0.2) is 36.5 Å². The van der Waals surface area contributed by atoms with E-state index < -0.39 is 23.9 Å². The van der Waals surface area contributed by atoms with E-state index in [4.69, 9.17) is 20.9 Å². The SMILES string of the molecule is CCOC(=O)CCC(NC(=O)c1ccc(NCc2cnc3nc(N)nc(N)c3c2)cc1)C(=O)OCC. The second kappa shape index (κ2) is 12.3. The van der Waals surface area contributed by atoms with Crippen LogP contribution in [0.4, 0.5) is 17.5 Å². The minimum absolute atomic E-state index is 0.0186. The number of pyridine rings is 1. The number of ether oxygens (including phenoxy) is 2. The molecular weight excluding hydrogens is 466 g/mol. The summed E-state index contributed by atoms with van der Waals surface area (Å²) in [6.07, 6.45) is 1.72. The average molecular weight is 496 g/mol. The number of amides is 1. The number of hydrogen-bond donors (Lipinski definition) is 4. The quantitative estimate of drug-likeness (QED) is 0.284. The molecule has 0 aliphatic rings. The Balaban J connectivity index is 1.61. The van der Waals surface area contributed by atoms with Gasteiger partial charge in [0.05, 0.1) is 18.6 Å². The van der Waals surface area contributed by atoms with Gasteiger partial charge in [0.15, 0.2) is 5.65 Å². The summed E-state index contributed by atoms with van der Waals surface area (Å²) >= 11 is 0. The number of anilines is 3. The number of esters is 2. The third-order valence-corrected chi connectivity index (χ3v) is 5.12. The third kappa shape index (κ3) is 7.01. The van der Waals surface area contributed by atoms with E-state index in [0.717, 1.165) is 11.3 Å². The molecule has 2 aromatic heterocycles. The lowest BCUT2D eigenvalue weighted by Gasteiger charge is -2.17. The molecule has 0 radical (unpaired) electrons. The minimum atomic E-state index is -0.966. The van der Waals surface area contributed by atoms with Crippen LogP contribution >= 0.6 is 0 Å². The van der Waals surface area contributed by atoms with E-state index in [1.54, 1.807) is 44.3 Å². The van der Waals surface area contributed by atoms with E-state index >= 15 is 0 Å². The number of carbonyl (C=O) groups excluding carboxylic acids is 3. The zero-order valence-electron chi connectivity index (χ0n) is 20.1. The molecule has 0 saturated heterocycles. The van der Waals surface area contributed by atoms with E-state index in [-0.39, 0.29) is 37.8 Å². The van der Waals surface area contributed by atoms with Gasteiger partial charge < -0.3 is 31.6 Å². The normalized spacial score (nSPS) is 11.5. The van der Waals surface area contributed by atoms with E-state index in [1.165, 1.54) is 0 Å². The maximum absolute atomic E-state index is 12.7. The first kappa shape index (κ1) is 26.1. The van der Waals surface area contributed by atoms with Crippen molar-refractivity contribution in [2.24, 2.45) is 0 Å². The molecule has 0 aliphatic carbocycles. The number of nitrogens with one attached hydrogen (secondary N) is 2. The molecule has 6 N–H and O–H groups in total. The molecule has 12 heteroatoms. The van der Waals surface area contributed by atoms with Gasteiger partial charge in [-0.05, 0) is 56.2 Å². The predicted octanol–water partition coefficient (Wildman–Crippen LogP) is 1.81. The molecule has 0 fully saturated rings. The predicted molar refractivity (Wildman–Crippen MR) is 134 cm³/mol. The van der Waals surface area contributed by atoms with Gasteiger partial charge in [0.2, 0.25) is 5.95 Å². The van der Waals surface area contributed by atoms with E-state index in [1.807, 2.05) is 6.07 Å². The number of aromatic nitrogens is 3. The van der Waals surface area contributed by atoms with Crippen LogP contribution in [0, 0.1) is 0 Å². The molecule has 1 atom stereocenters. The molecule has 0 bridgehead atoms. The smallest absolute Gasteiger partial charge is 0.328 e. The standard InChI is InChI=1S/C24H29N7O5/c1-3-35-19(32)10-9-18(23(34)36-4-2)29-22(33)15-5-7-16(8-6-15)27-12-14-11-17-20(25)30-24(26)31-21(17)28-13-14/h5-8,11,13,18,27H,3-4,9-10,12H2,1-2H3,(H,29,33)(H4,25,26,28,30,31). The first-order valence-electron chi connectivity index (χ1n) is 11.4. The van der Waals surface area contributed by atoms with Crippen molar-refractivity contribution in [1.29, 1.82) is 0 Å². The summed E-state index contributed by atoms with van der Waals surface area (Å²) < 4.78 is 9.91. The molecule has 190 valence electrons. The third-order valence-electron chi connectivity index (χ3n) is 5.12. The largest absolute Gasteiger partial charge is 0.466 e. The number of nitrogens with two attached hydrogens (primary N) is 2.